The number of hydrogen-bond donors (Lipinski definition) is 1. The monoisotopic (exact) mass is 221 g/mol. The van der Waals surface area contributed by atoms with E-state index < -0.39 is 0 Å². The molecule has 0 atom stereocenters. The maximum Gasteiger partial charge on any atom is 0.0443 e. The molecular formula is C14H23NO. The highest BCUT2D eigenvalue weighted by molar-refractivity contribution is 5.36. The fourth-order valence-electron chi connectivity index (χ4n) is 1.90. The first kappa shape index (κ1) is 13.2. The van der Waals surface area contributed by atoms with Gasteiger partial charge in [0, 0.05) is 19.7 Å². The van der Waals surface area contributed by atoms with Crippen LogP contribution >= 0.6 is 0 Å². The van der Waals surface area contributed by atoms with Crippen molar-refractivity contribution in [3.63, 3.8) is 0 Å². The van der Waals surface area contributed by atoms with Crippen molar-refractivity contribution in [1.82, 2.24) is 4.90 Å². The van der Waals surface area contributed by atoms with Gasteiger partial charge in [-0.05, 0) is 56.5 Å². The van der Waals surface area contributed by atoms with Gasteiger partial charge >= 0.3 is 0 Å². The summed E-state index contributed by atoms with van der Waals surface area (Å²) in [5, 5.41) is 8.79. The van der Waals surface area contributed by atoms with E-state index >= 15 is 0 Å². The largest absolute Gasteiger partial charge is 0.396 e. The van der Waals surface area contributed by atoms with Crippen LogP contribution in [0.5, 0.6) is 0 Å². The van der Waals surface area contributed by atoms with Crippen molar-refractivity contribution in [2.24, 2.45) is 0 Å². The van der Waals surface area contributed by atoms with Crippen molar-refractivity contribution in [3.05, 3.63) is 34.4 Å². The summed E-state index contributed by atoms with van der Waals surface area (Å²) in [7, 11) is 2.10. The zero-order valence-corrected chi connectivity index (χ0v) is 10.9. The third kappa shape index (κ3) is 3.62. The molecule has 90 valence electrons. The summed E-state index contributed by atoms with van der Waals surface area (Å²) in [4.78, 5) is 2.26. The molecular weight excluding hydrogens is 198 g/mol. The van der Waals surface area contributed by atoms with Gasteiger partial charge in [-0.1, -0.05) is 12.1 Å². The van der Waals surface area contributed by atoms with E-state index in [9.17, 15) is 0 Å². The van der Waals surface area contributed by atoms with Crippen LogP contribution in [0.3, 0.4) is 0 Å². The maximum absolute atomic E-state index is 8.79. The predicted octanol–water partition coefficient (Wildman–Crippen LogP) is 2.43. The lowest BCUT2D eigenvalue weighted by atomic mass is 10.0. The number of rotatable bonds is 5. The second-order valence-corrected chi connectivity index (χ2v) is 4.68. The third-order valence-electron chi connectivity index (χ3n) is 3.09. The lowest BCUT2D eigenvalue weighted by Gasteiger charge is -2.18. The van der Waals surface area contributed by atoms with E-state index in [-0.39, 0.29) is 6.61 Å². The van der Waals surface area contributed by atoms with Crippen molar-refractivity contribution in [1.29, 1.82) is 0 Å². The molecule has 0 unspecified atom stereocenters. The Kier molecular flexibility index (Phi) is 4.97. The quantitative estimate of drug-likeness (QED) is 0.825. The van der Waals surface area contributed by atoms with Crippen LogP contribution < -0.4 is 0 Å². The third-order valence-corrected chi connectivity index (χ3v) is 3.09. The molecule has 0 aliphatic rings. The Labute approximate surface area is 98.9 Å². The first-order chi connectivity index (χ1) is 7.54. The molecule has 0 saturated carbocycles. The second-order valence-electron chi connectivity index (χ2n) is 4.68. The van der Waals surface area contributed by atoms with Crippen molar-refractivity contribution in [3.8, 4) is 0 Å². The number of aliphatic hydroxyl groups is 1. The Morgan fingerprint density at radius 3 is 2.31 bits per heavy atom. The van der Waals surface area contributed by atoms with Crippen LogP contribution in [-0.2, 0) is 6.54 Å². The molecule has 2 nitrogen and oxygen atoms in total. The van der Waals surface area contributed by atoms with Crippen molar-refractivity contribution in [2.45, 2.75) is 33.7 Å². The molecule has 0 aliphatic carbocycles. The van der Waals surface area contributed by atoms with E-state index in [0.29, 0.717) is 0 Å². The molecule has 0 radical (unpaired) electrons. The van der Waals surface area contributed by atoms with Crippen LogP contribution in [0.4, 0.5) is 0 Å². The summed E-state index contributed by atoms with van der Waals surface area (Å²) in [6.07, 6.45) is 0.848. The zero-order chi connectivity index (χ0) is 12.1. The van der Waals surface area contributed by atoms with Gasteiger partial charge in [-0.2, -0.15) is 0 Å². The van der Waals surface area contributed by atoms with Gasteiger partial charge in [-0.25, -0.2) is 0 Å². The summed E-state index contributed by atoms with van der Waals surface area (Å²) < 4.78 is 0. The molecule has 0 bridgehead atoms. The Bertz CT molecular complexity index is 347. The van der Waals surface area contributed by atoms with Gasteiger partial charge in [0.2, 0.25) is 0 Å². The Morgan fingerprint density at radius 1 is 1.06 bits per heavy atom. The minimum absolute atomic E-state index is 0.274. The van der Waals surface area contributed by atoms with Crippen LogP contribution in [0.2, 0.25) is 0 Å². The minimum Gasteiger partial charge on any atom is -0.396 e. The molecule has 16 heavy (non-hydrogen) atoms. The van der Waals surface area contributed by atoms with Gasteiger partial charge in [0.15, 0.2) is 0 Å². The van der Waals surface area contributed by atoms with E-state index in [0.717, 1.165) is 19.5 Å². The van der Waals surface area contributed by atoms with Crippen LogP contribution in [0.15, 0.2) is 12.1 Å². The van der Waals surface area contributed by atoms with Gasteiger partial charge < -0.3 is 10.0 Å². The van der Waals surface area contributed by atoms with Gasteiger partial charge in [0.1, 0.15) is 0 Å². The normalized spacial score (nSPS) is 11.1. The minimum atomic E-state index is 0.274. The van der Waals surface area contributed by atoms with E-state index in [1.807, 2.05) is 0 Å². The Hall–Kier alpha value is -0.860. The molecule has 1 rings (SSSR count). The maximum atomic E-state index is 8.79. The molecule has 0 heterocycles. The van der Waals surface area contributed by atoms with Crippen LogP contribution in [0.1, 0.15) is 28.7 Å². The average Bonchev–Trinajstić information content (AvgIpc) is 2.23. The average molecular weight is 221 g/mol. The Morgan fingerprint density at radius 2 is 1.69 bits per heavy atom. The molecule has 1 aromatic carbocycles. The van der Waals surface area contributed by atoms with Crippen LogP contribution in [0, 0.1) is 20.8 Å². The van der Waals surface area contributed by atoms with Crippen molar-refractivity contribution < 1.29 is 5.11 Å². The highest BCUT2D eigenvalue weighted by Gasteiger charge is 2.05. The van der Waals surface area contributed by atoms with Crippen molar-refractivity contribution in [2.75, 3.05) is 20.2 Å². The number of benzene rings is 1. The summed E-state index contributed by atoms with van der Waals surface area (Å²) >= 11 is 0. The molecule has 0 fully saturated rings. The predicted molar refractivity (Wildman–Crippen MR) is 68.7 cm³/mol. The summed E-state index contributed by atoms with van der Waals surface area (Å²) in [6, 6.07) is 4.53. The first-order valence-corrected chi connectivity index (χ1v) is 5.90. The summed E-state index contributed by atoms with van der Waals surface area (Å²) in [6.45, 7) is 8.67. The first-order valence-electron chi connectivity index (χ1n) is 5.90. The summed E-state index contributed by atoms with van der Waals surface area (Å²) in [5.41, 5.74) is 5.47. The lowest BCUT2D eigenvalue weighted by molar-refractivity contribution is 0.244. The molecule has 2 heteroatoms. The summed E-state index contributed by atoms with van der Waals surface area (Å²) in [5.74, 6) is 0. The molecule has 1 aromatic rings. The van der Waals surface area contributed by atoms with Crippen LogP contribution in [-0.4, -0.2) is 30.2 Å². The van der Waals surface area contributed by atoms with Crippen LogP contribution in [0.25, 0.3) is 0 Å². The highest BCUT2D eigenvalue weighted by atomic mass is 16.3. The molecule has 0 aliphatic heterocycles. The SMILES string of the molecule is Cc1cc(C)c(CN(C)CCCO)cc1C. The molecule has 0 amide bonds. The van der Waals surface area contributed by atoms with E-state index in [1.165, 1.54) is 22.3 Å². The van der Waals surface area contributed by atoms with E-state index in [1.54, 1.807) is 0 Å². The van der Waals surface area contributed by atoms with Gasteiger partial charge in [-0.3, -0.25) is 0 Å². The van der Waals surface area contributed by atoms with E-state index in [2.05, 4.69) is 44.9 Å². The highest BCUT2D eigenvalue weighted by Crippen LogP contribution is 2.16. The zero-order valence-electron chi connectivity index (χ0n) is 10.9. The van der Waals surface area contributed by atoms with Gasteiger partial charge in [0.05, 0.1) is 0 Å². The van der Waals surface area contributed by atoms with Crippen molar-refractivity contribution >= 4 is 0 Å². The number of aliphatic hydroxyl groups excluding tert-OH is 1. The standard InChI is InChI=1S/C14H23NO/c1-11-8-13(3)14(9-12(11)2)10-15(4)6-5-7-16/h8-9,16H,5-7,10H2,1-4H3. The topological polar surface area (TPSA) is 23.5 Å². The molecule has 1 N–H and O–H groups in total. The molecule has 0 aromatic heterocycles. The molecule has 0 saturated heterocycles. The molecule has 0 spiro atoms. The smallest absolute Gasteiger partial charge is 0.0443 e. The number of hydrogen-bond acceptors (Lipinski definition) is 2. The number of nitrogens with zero attached hydrogens (tertiary/aromatic N) is 1. The fourth-order valence-corrected chi connectivity index (χ4v) is 1.90. The van der Waals surface area contributed by atoms with E-state index in [4.69, 9.17) is 5.11 Å². The fraction of sp³-hybridized carbons (Fsp3) is 0.571. The lowest BCUT2D eigenvalue weighted by Crippen LogP contribution is -2.20. The number of aryl methyl sites for hydroxylation is 3. The van der Waals surface area contributed by atoms with Gasteiger partial charge in [0.25, 0.3) is 0 Å². The van der Waals surface area contributed by atoms with Gasteiger partial charge in [-0.15, -0.1) is 0 Å². The second kappa shape index (κ2) is 6.02. The Balaban J connectivity index is 2.69.